The van der Waals surface area contributed by atoms with Crippen molar-refractivity contribution in [1.82, 2.24) is 15.5 Å². The van der Waals surface area contributed by atoms with Gasteiger partial charge in [0.05, 0.1) is 7.11 Å². The number of hydrogen-bond donors (Lipinski definition) is 2. The van der Waals surface area contributed by atoms with Crippen molar-refractivity contribution in [2.45, 2.75) is 26.2 Å². The standard InChI is InChI=1S/C21H29N3O4/c1-15-17-5-4-16(27-2)14-19(17)28-21(26)18(15)6-7-20(25)23-8-3-11-24-12-9-22-10-13-24/h4-5,14,22H,3,6-13H2,1-2H3,(H,23,25). The van der Waals surface area contributed by atoms with E-state index in [4.69, 9.17) is 9.15 Å². The number of carbonyl (C=O) groups is 1. The van der Waals surface area contributed by atoms with Gasteiger partial charge in [0, 0.05) is 56.2 Å². The van der Waals surface area contributed by atoms with Crippen molar-refractivity contribution in [3.63, 3.8) is 0 Å². The fraction of sp³-hybridized carbons (Fsp3) is 0.524. The normalized spacial score (nSPS) is 14.9. The molecule has 0 saturated carbocycles. The number of fused-ring (bicyclic) bond motifs is 1. The van der Waals surface area contributed by atoms with Gasteiger partial charge in [-0.1, -0.05) is 0 Å². The van der Waals surface area contributed by atoms with Crippen LogP contribution in [0.3, 0.4) is 0 Å². The maximum absolute atomic E-state index is 12.4. The van der Waals surface area contributed by atoms with Crippen molar-refractivity contribution in [3.05, 3.63) is 39.7 Å². The minimum Gasteiger partial charge on any atom is -0.497 e. The van der Waals surface area contributed by atoms with E-state index < -0.39 is 0 Å². The summed E-state index contributed by atoms with van der Waals surface area (Å²) in [6.07, 6.45) is 1.59. The summed E-state index contributed by atoms with van der Waals surface area (Å²) in [4.78, 5) is 26.9. The highest BCUT2D eigenvalue weighted by molar-refractivity contribution is 5.82. The van der Waals surface area contributed by atoms with E-state index in [1.165, 1.54) is 0 Å². The van der Waals surface area contributed by atoms with Crippen LogP contribution in [0, 0.1) is 6.92 Å². The molecule has 28 heavy (non-hydrogen) atoms. The summed E-state index contributed by atoms with van der Waals surface area (Å²) >= 11 is 0. The molecule has 3 rings (SSSR count). The third kappa shape index (κ3) is 5.11. The van der Waals surface area contributed by atoms with Crippen LogP contribution in [0.2, 0.25) is 0 Å². The summed E-state index contributed by atoms with van der Waals surface area (Å²) in [7, 11) is 1.57. The Hall–Kier alpha value is -2.38. The summed E-state index contributed by atoms with van der Waals surface area (Å²) in [6.45, 7) is 7.76. The molecule has 0 atom stereocenters. The zero-order chi connectivity index (χ0) is 19.9. The lowest BCUT2D eigenvalue weighted by molar-refractivity contribution is -0.121. The number of amides is 1. The van der Waals surface area contributed by atoms with E-state index in [1.807, 2.05) is 19.1 Å². The molecule has 7 nitrogen and oxygen atoms in total. The Bertz CT molecular complexity index is 872. The second-order valence-corrected chi connectivity index (χ2v) is 7.15. The van der Waals surface area contributed by atoms with E-state index in [0.717, 1.165) is 50.1 Å². The van der Waals surface area contributed by atoms with Crippen molar-refractivity contribution < 1.29 is 13.9 Å². The number of nitrogens with one attached hydrogen (secondary N) is 2. The van der Waals surface area contributed by atoms with Gasteiger partial charge in [0.1, 0.15) is 11.3 Å². The average Bonchev–Trinajstić information content (AvgIpc) is 2.71. The molecule has 2 aromatic rings. The SMILES string of the molecule is COc1ccc2c(C)c(CCC(=O)NCCCN3CCNCC3)c(=O)oc2c1. The Balaban J connectivity index is 1.51. The van der Waals surface area contributed by atoms with Gasteiger partial charge in [-0.15, -0.1) is 0 Å². The monoisotopic (exact) mass is 387 g/mol. The Morgan fingerprint density at radius 1 is 1.32 bits per heavy atom. The number of benzene rings is 1. The van der Waals surface area contributed by atoms with Gasteiger partial charge in [-0.2, -0.15) is 0 Å². The molecule has 0 bridgehead atoms. The van der Waals surface area contributed by atoms with Crippen LogP contribution >= 0.6 is 0 Å². The molecule has 0 aliphatic carbocycles. The Morgan fingerprint density at radius 3 is 2.86 bits per heavy atom. The Kier molecular flexibility index (Phi) is 7.06. The molecule has 2 heterocycles. The van der Waals surface area contributed by atoms with E-state index in [1.54, 1.807) is 13.2 Å². The maximum Gasteiger partial charge on any atom is 0.339 e. The highest BCUT2D eigenvalue weighted by Crippen LogP contribution is 2.24. The third-order valence-electron chi connectivity index (χ3n) is 5.28. The van der Waals surface area contributed by atoms with Gasteiger partial charge in [0.25, 0.3) is 0 Å². The van der Waals surface area contributed by atoms with Gasteiger partial charge < -0.3 is 24.7 Å². The highest BCUT2D eigenvalue weighted by Gasteiger charge is 2.14. The average molecular weight is 387 g/mol. The van der Waals surface area contributed by atoms with E-state index in [0.29, 0.717) is 29.9 Å². The van der Waals surface area contributed by atoms with Gasteiger partial charge in [-0.05, 0) is 44.0 Å². The van der Waals surface area contributed by atoms with Crippen LogP contribution in [0.25, 0.3) is 11.0 Å². The molecule has 2 N–H and O–H groups in total. The molecule has 0 radical (unpaired) electrons. The van der Waals surface area contributed by atoms with E-state index in [9.17, 15) is 9.59 Å². The summed E-state index contributed by atoms with van der Waals surface area (Å²) in [5.41, 5.74) is 1.54. The number of methoxy groups -OCH3 is 1. The first-order chi connectivity index (χ1) is 13.6. The topological polar surface area (TPSA) is 83.8 Å². The maximum atomic E-state index is 12.4. The molecule has 1 aliphatic heterocycles. The van der Waals surface area contributed by atoms with Gasteiger partial charge in [-0.25, -0.2) is 4.79 Å². The van der Waals surface area contributed by atoms with Crippen LogP contribution in [0.1, 0.15) is 24.0 Å². The summed E-state index contributed by atoms with van der Waals surface area (Å²) in [6, 6.07) is 5.43. The highest BCUT2D eigenvalue weighted by atomic mass is 16.5. The smallest absolute Gasteiger partial charge is 0.339 e. The number of nitrogens with zero attached hydrogens (tertiary/aromatic N) is 1. The van der Waals surface area contributed by atoms with Crippen LogP contribution in [-0.2, 0) is 11.2 Å². The van der Waals surface area contributed by atoms with Crippen LogP contribution in [0.5, 0.6) is 5.75 Å². The minimum atomic E-state index is -0.384. The molecule has 0 spiro atoms. The molecule has 1 aliphatic rings. The lowest BCUT2D eigenvalue weighted by Crippen LogP contribution is -2.44. The molecule has 1 fully saturated rings. The van der Waals surface area contributed by atoms with Gasteiger partial charge >= 0.3 is 5.63 Å². The molecule has 1 aromatic heterocycles. The number of piperazine rings is 1. The molecular formula is C21H29N3O4. The molecule has 152 valence electrons. The molecule has 1 saturated heterocycles. The van der Waals surface area contributed by atoms with Crippen LogP contribution < -0.4 is 21.0 Å². The van der Waals surface area contributed by atoms with Crippen LogP contribution in [0.15, 0.2) is 27.4 Å². The number of hydrogen-bond acceptors (Lipinski definition) is 6. The first-order valence-electron chi connectivity index (χ1n) is 9.88. The van der Waals surface area contributed by atoms with Crippen molar-refractivity contribution in [2.24, 2.45) is 0 Å². The second kappa shape index (κ2) is 9.71. The first-order valence-corrected chi connectivity index (χ1v) is 9.88. The minimum absolute atomic E-state index is 0.0334. The molecule has 7 heteroatoms. The first kappa shape index (κ1) is 20.4. The van der Waals surface area contributed by atoms with Gasteiger partial charge in [0.2, 0.25) is 5.91 Å². The molecule has 1 amide bonds. The lowest BCUT2D eigenvalue weighted by Gasteiger charge is -2.27. The van der Waals surface area contributed by atoms with Gasteiger partial charge in [-0.3, -0.25) is 4.79 Å². The molecular weight excluding hydrogens is 358 g/mol. The summed E-state index contributed by atoms with van der Waals surface area (Å²) in [5, 5.41) is 7.15. The Labute approximate surface area is 165 Å². The molecule has 0 unspecified atom stereocenters. The van der Waals surface area contributed by atoms with Crippen molar-refractivity contribution >= 4 is 16.9 Å². The van der Waals surface area contributed by atoms with Crippen molar-refractivity contribution in [3.8, 4) is 5.75 Å². The molecule has 1 aromatic carbocycles. The van der Waals surface area contributed by atoms with Crippen molar-refractivity contribution in [2.75, 3.05) is 46.4 Å². The number of carbonyl (C=O) groups excluding carboxylic acids is 1. The summed E-state index contributed by atoms with van der Waals surface area (Å²) in [5.74, 6) is 0.608. The van der Waals surface area contributed by atoms with Crippen molar-refractivity contribution in [1.29, 1.82) is 0 Å². The van der Waals surface area contributed by atoms with E-state index >= 15 is 0 Å². The quantitative estimate of drug-likeness (QED) is 0.527. The number of rotatable bonds is 8. The fourth-order valence-corrected chi connectivity index (χ4v) is 3.58. The van der Waals surface area contributed by atoms with Gasteiger partial charge in [0.15, 0.2) is 0 Å². The Morgan fingerprint density at radius 2 is 2.11 bits per heavy atom. The predicted octanol–water partition coefficient (Wildman–Crippen LogP) is 1.45. The van der Waals surface area contributed by atoms with E-state index in [-0.39, 0.29) is 18.0 Å². The second-order valence-electron chi connectivity index (χ2n) is 7.15. The van der Waals surface area contributed by atoms with Crippen LogP contribution in [0.4, 0.5) is 0 Å². The lowest BCUT2D eigenvalue weighted by atomic mass is 10.0. The predicted molar refractivity (Wildman–Crippen MR) is 109 cm³/mol. The number of ether oxygens (including phenoxy) is 1. The zero-order valence-corrected chi connectivity index (χ0v) is 16.7. The fourth-order valence-electron chi connectivity index (χ4n) is 3.58. The summed E-state index contributed by atoms with van der Waals surface area (Å²) < 4.78 is 10.6. The zero-order valence-electron chi connectivity index (χ0n) is 16.7. The largest absolute Gasteiger partial charge is 0.497 e. The number of aryl methyl sites for hydroxylation is 1. The van der Waals surface area contributed by atoms with E-state index in [2.05, 4.69) is 15.5 Å². The third-order valence-corrected chi connectivity index (χ3v) is 5.28. The van der Waals surface area contributed by atoms with Crippen LogP contribution in [-0.4, -0.2) is 57.2 Å².